The predicted octanol–water partition coefficient (Wildman–Crippen LogP) is 3.73. The number of hydrogen-bond acceptors (Lipinski definition) is 5. The number of esters is 1. The molecule has 0 saturated carbocycles. The van der Waals surface area contributed by atoms with Gasteiger partial charge in [0.1, 0.15) is 11.5 Å². The first-order chi connectivity index (χ1) is 10.1. The monoisotopic (exact) mass is 309 g/mol. The molecule has 0 aliphatic carbocycles. The Hall–Kier alpha value is -2.14. The van der Waals surface area contributed by atoms with Crippen molar-refractivity contribution in [3.8, 4) is 5.75 Å². The van der Waals surface area contributed by atoms with Crippen molar-refractivity contribution >= 4 is 23.3 Å². The summed E-state index contributed by atoms with van der Waals surface area (Å²) in [6.45, 7) is 2.87. The molecule has 0 radical (unpaired) electrons. The molecule has 1 aromatic heterocycles. The van der Waals surface area contributed by atoms with Crippen molar-refractivity contribution in [2.75, 3.05) is 19.0 Å². The van der Waals surface area contributed by atoms with Crippen molar-refractivity contribution in [3.63, 3.8) is 0 Å². The quantitative estimate of drug-likeness (QED) is 0.824. The van der Waals surface area contributed by atoms with Crippen LogP contribution < -0.4 is 10.1 Å². The van der Waals surface area contributed by atoms with E-state index in [1.807, 2.05) is 6.92 Å². The third-order valence-electron chi connectivity index (χ3n) is 2.74. The highest BCUT2D eigenvalue weighted by Crippen LogP contribution is 2.28. The molecule has 0 aliphatic heterocycles. The second-order valence-corrected chi connectivity index (χ2v) is 4.62. The van der Waals surface area contributed by atoms with Gasteiger partial charge < -0.3 is 19.2 Å². The second-order valence-electron chi connectivity index (χ2n) is 4.18. The lowest BCUT2D eigenvalue weighted by Gasteiger charge is -2.11. The van der Waals surface area contributed by atoms with E-state index in [4.69, 9.17) is 20.8 Å². The molecule has 0 atom stereocenters. The average Bonchev–Trinajstić information content (AvgIpc) is 2.95. The average molecular weight is 310 g/mol. The van der Waals surface area contributed by atoms with Gasteiger partial charge in [-0.1, -0.05) is 11.6 Å². The number of ether oxygens (including phenoxy) is 2. The summed E-state index contributed by atoms with van der Waals surface area (Å²) in [5.74, 6) is 0.990. The molecule has 0 amide bonds. The number of rotatable bonds is 6. The Balaban J connectivity index is 2.07. The summed E-state index contributed by atoms with van der Waals surface area (Å²) in [6.07, 6.45) is 0. The number of carbonyl (C=O) groups is 1. The fraction of sp³-hybridized carbons (Fsp3) is 0.267. The van der Waals surface area contributed by atoms with Crippen LogP contribution in [0.5, 0.6) is 5.75 Å². The number of methoxy groups -OCH3 is 1. The van der Waals surface area contributed by atoms with Gasteiger partial charge in [-0.25, -0.2) is 4.79 Å². The van der Waals surface area contributed by atoms with Crippen LogP contribution in [0.2, 0.25) is 5.02 Å². The van der Waals surface area contributed by atoms with E-state index < -0.39 is 5.97 Å². The molecule has 1 heterocycles. The molecule has 21 heavy (non-hydrogen) atoms. The first-order valence-corrected chi connectivity index (χ1v) is 6.85. The number of nitrogens with one attached hydrogen (secondary N) is 1. The second kappa shape index (κ2) is 7.04. The predicted molar refractivity (Wildman–Crippen MR) is 80.0 cm³/mol. The zero-order valence-electron chi connectivity index (χ0n) is 11.8. The summed E-state index contributed by atoms with van der Waals surface area (Å²) in [4.78, 5) is 11.3. The Labute approximate surface area is 127 Å². The van der Waals surface area contributed by atoms with Crippen molar-refractivity contribution in [1.82, 2.24) is 0 Å². The smallest absolute Gasteiger partial charge is 0.373 e. The highest BCUT2D eigenvalue weighted by molar-refractivity contribution is 6.30. The zero-order chi connectivity index (χ0) is 15.2. The summed E-state index contributed by atoms with van der Waals surface area (Å²) in [7, 11) is 1.31. The summed E-state index contributed by atoms with van der Waals surface area (Å²) in [5.41, 5.74) is 0.764. The molecule has 1 aromatic carbocycles. The highest BCUT2D eigenvalue weighted by Gasteiger charge is 2.11. The number of anilines is 1. The van der Waals surface area contributed by atoms with E-state index in [9.17, 15) is 4.79 Å². The molecule has 6 heteroatoms. The van der Waals surface area contributed by atoms with Crippen LogP contribution in [0.25, 0.3) is 0 Å². The van der Waals surface area contributed by atoms with E-state index in [-0.39, 0.29) is 5.76 Å². The van der Waals surface area contributed by atoms with Crippen molar-refractivity contribution < 1.29 is 18.7 Å². The summed E-state index contributed by atoms with van der Waals surface area (Å²) in [5, 5.41) is 3.78. The van der Waals surface area contributed by atoms with Crippen molar-refractivity contribution in [2.24, 2.45) is 0 Å². The maximum absolute atomic E-state index is 11.3. The van der Waals surface area contributed by atoms with E-state index in [1.54, 1.807) is 30.3 Å². The molecule has 1 N–H and O–H groups in total. The van der Waals surface area contributed by atoms with Crippen LogP contribution in [0.4, 0.5) is 5.69 Å². The lowest BCUT2D eigenvalue weighted by molar-refractivity contribution is 0.0563. The molecule has 2 aromatic rings. The Morgan fingerprint density at radius 2 is 2.14 bits per heavy atom. The number of benzene rings is 1. The van der Waals surface area contributed by atoms with Gasteiger partial charge in [-0.3, -0.25) is 0 Å². The van der Waals surface area contributed by atoms with Crippen LogP contribution in [0.15, 0.2) is 34.7 Å². The van der Waals surface area contributed by atoms with Crippen LogP contribution in [0.3, 0.4) is 0 Å². The van der Waals surface area contributed by atoms with E-state index in [0.29, 0.717) is 29.7 Å². The first-order valence-electron chi connectivity index (χ1n) is 6.47. The molecule has 0 saturated heterocycles. The minimum absolute atomic E-state index is 0.172. The normalized spacial score (nSPS) is 10.2. The van der Waals surface area contributed by atoms with Gasteiger partial charge in [0.05, 0.1) is 25.9 Å². The Bertz CT molecular complexity index is 624. The minimum Gasteiger partial charge on any atom is -0.492 e. The summed E-state index contributed by atoms with van der Waals surface area (Å²) >= 11 is 5.98. The van der Waals surface area contributed by atoms with Gasteiger partial charge in [0, 0.05) is 5.02 Å². The van der Waals surface area contributed by atoms with Gasteiger partial charge in [-0.05, 0) is 37.3 Å². The van der Waals surface area contributed by atoms with Gasteiger partial charge in [0.25, 0.3) is 0 Å². The zero-order valence-corrected chi connectivity index (χ0v) is 12.6. The third kappa shape index (κ3) is 3.92. The lowest BCUT2D eigenvalue weighted by Crippen LogP contribution is -2.02. The maximum Gasteiger partial charge on any atom is 0.373 e. The third-order valence-corrected chi connectivity index (χ3v) is 2.98. The van der Waals surface area contributed by atoms with E-state index >= 15 is 0 Å². The molecular formula is C15H16ClNO4. The van der Waals surface area contributed by atoms with Crippen molar-refractivity contribution in [3.05, 3.63) is 46.9 Å². The van der Waals surface area contributed by atoms with Crippen molar-refractivity contribution in [2.45, 2.75) is 13.5 Å². The van der Waals surface area contributed by atoms with E-state index in [0.717, 1.165) is 5.69 Å². The molecule has 0 spiro atoms. The van der Waals surface area contributed by atoms with Gasteiger partial charge in [0.15, 0.2) is 0 Å². The molecule has 0 fully saturated rings. The largest absolute Gasteiger partial charge is 0.492 e. The van der Waals surface area contributed by atoms with Gasteiger partial charge in [0.2, 0.25) is 5.76 Å². The molecule has 2 rings (SSSR count). The molecule has 0 aliphatic rings. The fourth-order valence-electron chi connectivity index (χ4n) is 1.79. The van der Waals surface area contributed by atoms with Gasteiger partial charge in [-0.15, -0.1) is 0 Å². The highest BCUT2D eigenvalue weighted by atomic mass is 35.5. The van der Waals surface area contributed by atoms with Gasteiger partial charge >= 0.3 is 5.97 Å². The number of carbonyl (C=O) groups excluding carboxylic acids is 1. The lowest BCUT2D eigenvalue weighted by atomic mass is 10.3. The number of hydrogen-bond donors (Lipinski definition) is 1. The molecule has 5 nitrogen and oxygen atoms in total. The van der Waals surface area contributed by atoms with Crippen molar-refractivity contribution in [1.29, 1.82) is 0 Å². The van der Waals surface area contributed by atoms with E-state index in [2.05, 4.69) is 10.1 Å². The minimum atomic E-state index is -0.501. The molecule has 112 valence electrons. The fourth-order valence-corrected chi connectivity index (χ4v) is 1.96. The Morgan fingerprint density at radius 1 is 1.33 bits per heavy atom. The Morgan fingerprint density at radius 3 is 2.86 bits per heavy atom. The standard InChI is InChI=1S/C15H16ClNO4/c1-3-20-13-6-4-10(16)8-12(13)17-9-11-5-7-14(21-11)15(18)19-2/h4-8,17H,3,9H2,1-2H3. The summed E-state index contributed by atoms with van der Waals surface area (Å²) in [6, 6.07) is 8.63. The number of halogens is 1. The molecule has 0 unspecified atom stereocenters. The van der Waals surface area contributed by atoms with Crippen LogP contribution in [0, 0.1) is 0 Å². The van der Waals surface area contributed by atoms with Crippen LogP contribution in [-0.4, -0.2) is 19.7 Å². The Kier molecular flexibility index (Phi) is 5.11. The number of furan rings is 1. The molecular weight excluding hydrogens is 294 g/mol. The van der Waals surface area contributed by atoms with E-state index in [1.165, 1.54) is 7.11 Å². The SMILES string of the molecule is CCOc1ccc(Cl)cc1NCc1ccc(C(=O)OC)o1. The maximum atomic E-state index is 11.3. The van der Waals surface area contributed by atoms with Gasteiger partial charge in [-0.2, -0.15) is 0 Å². The summed E-state index contributed by atoms with van der Waals surface area (Å²) < 4.78 is 15.5. The van der Waals surface area contributed by atoms with Crippen LogP contribution in [0.1, 0.15) is 23.2 Å². The van der Waals surface area contributed by atoms with Crippen LogP contribution >= 0.6 is 11.6 Å². The molecule has 0 bridgehead atoms. The first kappa shape index (κ1) is 15.3. The van der Waals surface area contributed by atoms with Crippen LogP contribution in [-0.2, 0) is 11.3 Å². The topological polar surface area (TPSA) is 60.7 Å².